The second kappa shape index (κ2) is 4.22. The minimum Gasteiger partial charge on any atom is -0.253 e. The van der Waals surface area contributed by atoms with E-state index in [1.165, 1.54) is 0 Å². The fraction of sp³-hybridized carbons (Fsp3) is 0.214. The first kappa shape index (κ1) is 10.9. The van der Waals surface area contributed by atoms with E-state index in [1.54, 1.807) is 12.4 Å². The van der Waals surface area contributed by atoms with Crippen LogP contribution in [0.5, 0.6) is 0 Å². The molecule has 2 aromatic heterocycles. The Bertz CT molecular complexity index is 685. The SMILES string of the molecule is CC(C)c1ccn(-c2ccc3nccnc3c2)n1. The number of nitrogens with zero attached hydrogens (tertiary/aromatic N) is 4. The summed E-state index contributed by atoms with van der Waals surface area (Å²) in [5.74, 6) is 0.437. The summed E-state index contributed by atoms with van der Waals surface area (Å²) in [5, 5.41) is 4.56. The quantitative estimate of drug-likeness (QED) is 0.689. The summed E-state index contributed by atoms with van der Waals surface area (Å²) in [4.78, 5) is 8.56. The molecule has 0 aliphatic rings. The highest BCUT2D eigenvalue weighted by Gasteiger charge is 2.05. The normalized spacial score (nSPS) is 11.3. The van der Waals surface area contributed by atoms with Crippen LogP contribution < -0.4 is 0 Å². The van der Waals surface area contributed by atoms with Crippen LogP contribution in [0.3, 0.4) is 0 Å². The van der Waals surface area contributed by atoms with Crippen LogP contribution in [0.2, 0.25) is 0 Å². The molecule has 4 nitrogen and oxygen atoms in total. The topological polar surface area (TPSA) is 43.6 Å². The molecule has 0 amide bonds. The third kappa shape index (κ3) is 1.86. The molecule has 0 aliphatic carbocycles. The predicted molar refractivity (Wildman–Crippen MR) is 70.7 cm³/mol. The van der Waals surface area contributed by atoms with Gasteiger partial charge in [0.1, 0.15) is 0 Å². The third-order valence-electron chi connectivity index (χ3n) is 2.92. The first-order chi connectivity index (χ1) is 8.74. The molecule has 4 heteroatoms. The van der Waals surface area contributed by atoms with E-state index in [4.69, 9.17) is 0 Å². The minimum atomic E-state index is 0.437. The molecule has 0 bridgehead atoms. The average Bonchev–Trinajstić information content (AvgIpc) is 2.88. The van der Waals surface area contributed by atoms with Gasteiger partial charge in [-0.1, -0.05) is 13.8 Å². The first-order valence-corrected chi connectivity index (χ1v) is 6.01. The highest BCUT2D eigenvalue weighted by atomic mass is 15.3. The maximum absolute atomic E-state index is 4.56. The van der Waals surface area contributed by atoms with Gasteiger partial charge in [-0.15, -0.1) is 0 Å². The number of aromatic nitrogens is 4. The molecular weight excluding hydrogens is 224 g/mol. The van der Waals surface area contributed by atoms with Crippen molar-refractivity contribution in [3.63, 3.8) is 0 Å². The van der Waals surface area contributed by atoms with Crippen molar-refractivity contribution in [1.29, 1.82) is 0 Å². The molecule has 90 valence electrons. The number of rotatable bonds is 2. The summed E-state index contributed by atoms with van der Waals surface area (Å²) in [6, 6.07) is 8.02. The zero-order valence-corrected chi connectivity index (χ0v) is 10.4. The maximum atomic E-state index is 4.56. The molecular formula is C14H14N4. The zero-order valence-electron chi connectivity index (χ0n) is 10.4. The van der Waals surface area contributed by atoms with Crippen molar-refractivity contribution >= 4 is 11.0 Å². The monoisotopic (exact) mass is 238 g/mol. The number of hydrogen-bond acceptors (Lipinski definition) is 3. The van der Waals surface area contributed by atoms with E-state index in [1.807, 2.05) is 35.1 Å². The summed E-state index contributed by atoms with van der Waals surface area (Å²) in [6.45, 7) is 4.27. The van der Waals surface area contributed by atoms with Gasteiger partial charge >= 0.3 is 0 Å². The molecule has 3 rings (SSSR count). The molecule has 0 fully saturated rings. The highest BCUT2D eigenvalue weighted by Crippen LogP contribution is 2.17. The standard InChI is InChI=1S/C14H14N4/c1-10(2)12-5-8-18(17-12)11-3-4-13-14(9-11)16-7-6-15-13/h3-10H,1-2H3. The van der Waals surface area contributed by atoms with Gasteiger partial charge in [-0.2, -0.15) is 5.10 Å². The van der Waals surface area contributed by atoms with Crippen molar-refractivity contribution in [2.24, 2.45) is 0 Å². The molecule has 1 aromatic carbocycles. The highest BCUT2D eigenvalue weighted by molar-refractivity contribution is 5.76. The molecule has 2 heterocycles. The summed E-state index contributed by atoms with van der Waals surface area (Å²) < 4.78 is 1.88. The zero-order chi connectivity index (χ0) is 12.5. The largest absolute Gasteiger partial charge is 0.253 e. The van der Waals surface area contributed by atoms with Crippen LogP contribution in [0.15, 0.2) is 42.9 Å². The Labute approximate surface area is 105 Å². The van der Waals surface area contributed by atoms with E-state index in [9.17, 15) is 0 Å². The van der Waals surface area contributed by atoms with E-state index in [0.29, 0.717) is 5.92 Å². The van der Waals surface area contributed by atoms with Crippen molar-refractivity contribution in [2.45, 2.75) is 19.8 Å². The molecule has 0 atom stereocenters. The van der Waals surface area contributed by atoms with E-state index < -0.39 is 0 Å². The van der Waals surface area contributed by atoms with E-state index in [2.05, 4.69) is 28.9 Å². The van der Waals surface area contributed by atoms with Gasteiger partial charge < -0.3 is 0 Å². The Kier molecular flexibility index (Phi) is 2.55. The molecule has 0 N–H and O–H groups in total. The lowest BCUT2D eigenvalue weighted by molar-refractivity contribution is 0.768. The summed E-state index contributed by atoms with van der Waals surface area (Å²) in [6.07, 6.45) is 5.38. The van der Waals surface area contributed by atoms with Crippen LogP contribution >= 0.6 is 0 Å². The molecule has 0 unspecified atom stereocenters. The van der Waals surface area contributed by atoms with E-state index >= 15 is 0 Å². The molecule has 0 saturated carbocycles. The molecule has 0 radical (unpaired) electrons. The van der Waals surface area contributed by atoms with Gasteiger partial charge in [-0.3, -0.25) is 9.97 Å². The van der Waals surface area contributed by atoms with Crippen LogP contribution in [-0.2, 0) is 0 Å². The van der Waals surface area contributed by atoms with E-state index in [0.717, 1.165) is 22.4 Å². The van der Waals surface area contributed by atoms with Crippen molar-refractivity contribution < 1.29 is 0 Å². The Morgan fingerprint density at radius 3 is 2.50 bits per heavy atom. The van der Waals surface area contributed by atoms with E-state index in [-0.39, 0.29) is 0 Å². The molecule has 0 saturated heterocycles. The Morgan fingerprint density at radius 1 is 1.00 bits per heavy atom. The van der Waals surface area contributed by atoms with Gasteiger partial charge in [-0.05, 0) is 30.2 Å². The minimum absolute atomic E-state index is 0.437. The fourth-order valence-electron chi connectivity index (χ4n) is 1.88. The predicted octanol–water partition coefficient (Wildman–Crippen LogP) is 2.94. The molecule has 0 aliphatic heterocycles. The van der Waals surface area contributed by atoms with Gasteiger partial charge in [0.15, 0.2) is 0 Å². The fourth-order valence-corrected chi connectivity index (χ4v) is 1.88. The number of fused-ring (bicyclic) bond motifs is 1. The third-order valence-corrected chi connectivity index (χ3v) is 2.92. The number of hydrogen-bond donors (Lipinski definition) is 0. The van der Waals surface area contributed by atoms with Crippen molar-refractivity contribution in [1.82, 2.24) is 19.7 Å². The van der Waals surface area contributed by atoms with Crippen molar-refractivity contribution in [3.05, 3.63) is 48.5 Å². The summed E-state index contributed by atoms with van der Waals surface area (Å²) in [7, 11) is 0. The lowest BCUT2D eigenvalue weighted by Crippen LogP contribution is -1.97. The lowest BCUT2D eigenvalue weighted by Gasteiger charge is -2.03. The van der Waals surface area contributed by atoms with Crippen LogP contribution in [0.4, 0.5) is 0 Å². The summed E-state index contributed by atoms with van der Waals surface area (Å²) in [5.41, 5.74) is 3.89. The second-order valence-electron chi connectivity index (χ2n) is 4.57. The smallest absolute Gasteiger partial charge is 0.0908 e. The van der Waals surface area contributed by atoms with Gasteiger partial charge in [0.2, 0.25) is 0 Å². The second-order valence-corrected chi connectivity index (χ2v) is 4.57. The summed E-state index contributed by atoms with van der Waals surface area (Å²) >= 11 is 0. The van der Waals surface area contributed by atoms with Gasteiger partial charge in [0.25, 0.3) is 0 Å². The Hall–Kier alpha value is -2.23. The van der Waals surface area contributed by atoms with Crippen LogP contribution in [0.25, 0.3) is 16.7 Å². The molecule has 18 heavy (non-hydrogen) atoms. The Morgan fingerprint density at radius 2 is 1.78 bits per heavy atom. The first-order valence-electron chi connectivity index (χ1n) is 6.01. The Balaban J connectivity index is 2.07. The lowest BCUT2D eigenvalue weighted by atomic mass is 10.1. The van der Waals surface area contributed by atoms with Crippen molar-refractivity contribution in [3.8, 4) is 5.69 Å². The average molecular weight is 238 g/mol. The van der Waals surface area contributed by atoms with Crippen LogP contribution in [0.1, 0.15) is 25.5 Å². The van der Waals surface area contributed by atoms with Gasteiger partial charge in [0, 0.05) is 18.6 Å². The maximum Gasteiger partial charge on any atom is 0.0908 e. The van der Waals surface area contributed by atoms with Crippen LogP contribution in [-0.4, -0.2) is 19.7 Å². The van der Waals surface area contributed by atoms with Crippen molar-refractivity contribution in [2.75, 3.05) is 0 Å². The molecule has 3 aromatic rings. The molecule has 0 spiro atoms. The van der Waals surface area contributed by atoms with Crippen LogP contribution in [0, 0.1) is 0 Å². The number of benzene rings is 1. The van der Waals surface area contributed by atoms with Gasteiger partial charge in [0.05, 0.1) is 22.4 Å². The van der Waals surface area contributed by atoms with Gasteiger partial charge in [-0.25, -0.2) is 4.68 Å².